The highest BCUT2D eigenvalue weighted by atomic mass is 16.5. The lowest BCUT2D eigenvalue weighted by atomic mass is 9.55. The number of phenols is 1. The zero-order chi connectivity index (χ0) is 20.2. The summed E-state index contributed by atoms with van der Waals surface area (Å²) in [6.45, 7) is 2.37. The van der Waals surface area contributed by atoms with Crippen LogP contribution >= 0.6 is 0 Å². The minimum absolute atomic E-state index is 0.0364. The van der Waals surface area contributed by atoms with E-state index < -0.39 is 0 Å². The van der Waals surface area contributed by atoms with E-state index in [9.17, 15) is 9.90 Å². The Morgan fingerprint density at radius 2 is 2.10 bits per heavy atom. The number of allylic oxidation sites excluding steroid dienone is 1. The lowest BCUT2D eigenvalue weighted by Gasteiger charge is -2.50. The maximum atomic E-state index is 12.8. The molecule has 4 nitrogen and oxygen atoms in total. The van der Waals surface area contributed by atoms with Gasteiger partial charge >= 0.3 is 5.97 Å². The molecule has 0 amide bonds. The Kier molecular flexibility index (Phi) is 4.58. The van der Waals surface area contributed by atoms with Gasteiger partial charge in [0.25, 0.3) is 0 Å². The number of carbonyl (C=O) groups excluding carboxylic acids is 1. The molecule has 1 heterocycles. The summed E-state index contributed by atoms with van der Waals surface area (Å²) in [5.74, 6) is 2.15. The minimum atomic E-state index is -0.118. The fourth-order valence-electron chi connectivity index (χ4n) is 6.82. The second kappa shape index (κ2) is 7.02. The number of hydrogen-bond acceptors (Lipinski definition) is 3. The van der Waals surface area contributed by atoms with Crippen LogP contribution in [0.25, 0.3) is 0 Å². The molecule has 4 heteroatoms. The SMILES string of the molecule is C[NH+]1C=CCC(C(=O)OC2CC[C@H]3[C@@H]4CCc5cc(O)ccc5[C@H]4CC[C@]23C)=C1. The molecule has 0 radical (unpaired) electrons. The van der Waals surface area contributed by atoms with Crippen molar-refractivity contribution < 1.29 is 19.5 Å². The van der Waals surface area contributed by atoms with E-state index >= 15 is 0 Å². The first kappa shape index (κ1) is 18.9. The molecule has 2 fully saturated rings. The van der Waals surface area contributed by atoms with Crippen LogP contribution in [0, 0.1) is 17.3 Å². The van der Waals surface area contributed by atoms with E-state index in [1.807, 2.05) is 31.5 Å². The van der Waals surface area contributed by atoms with E-state index in [2.05, 4.69) is 19.2 Å². The predicted molar refractivity (Wildman–Crippen MR) is 111 cm³/mol. The van der Waals surface area contributed by atoms with Crippen molar-refractivity contribution in [3.8, 4) is 5.75 Å². The average molecular weight is 395 g/mol. The molecule has 0 bridgehead atoms. The predicted octanol–water partition coefficient (Wildman–Crippen LogP) is 3.48. The molecule has 2 unspecified atom stereocenters. The highest BCUT2D eigenvalue weighted by Gasteiger charge is 2.56. The van der Waals surface area contributed by atoms with E-state index in [0.717, 1.165) is 42.6 Å². The molecular formula is C25H32NO3+. The highest BCUT2D eigenvalue weighted by Crippen LogP contribution is 2.61. The van der Waals surface area contributed by atoms with Crippen molar-refractivity contribution in [2.45, 2.75) is 63.9 Å². The number of nitrogens with one attached hydrogen (secondary N) is 1. The van der Waals surface area contributed by atoms with Gasteiger partial charge in [-0.3, -0.25) is 4.90 Å². The lowest BCUT2D eigenvalue weighted by Crippen LogP contribution is -2.99. The van der Waals surface area contributed by atoms with Gasteiger partial charge in [-0.05, 0) is 85.6 Å². The molecule has 154 valence electrons. The zero-order valence-electron chi connectivity index (χ0n) is 17.5. The number of hydrogen-bond donors (Lipinski definition) is 2. The highest BCUT2D eigenvalue weighted by molar-refractivity contribution is 5.88. The zero-order valence-corrected chi connectivity index (χ0v) is 17.5. The number of ether oxygens (including phenoxy) is 1. The van der Waals surface area contributed by atoms with Gasteiger partial charge in [-0.15, -0.1) is 0 Å². The standard InChI is InChI=1S/C25H31NO3/c1-25-12-11-20-19-8-6-18(27)14-16(19)5-7-21(20)22(25)9-10-23(25)29-24(28)17-4-3-13-26(2)15-17/h3,6,8,13-15,20-23,27H,4-5,7,9-12H2,1-2H3/p+1/t20-,21-,22+,23?,25+/m1/s1. The van der Waals surface area contributed by atoms with Gasteiger partial charge in [0, 0.05) is 11.8 Å². The summed E-state index contributed by atoms with van der Waals surface area (Å²) in [6.07, 6.45) is 13.5. The van der Waals surface area contributed by atoms with Crippen LogP contribution in [0.4, 0.5) is 0 Å². The maximum absolute atomic E-state index is 12.8. The number of aromatic hydroxyl groups is 1. The molecule has 4 aliphatic rings. The van der Waals surface area contributed by atoms with Gasteiger partial charge in [0.05, 0.1) is 18.8 Å². The molecule has 29 heavy (non-hydrogen) atoms. The number of aryl methyl sites for hydroxylation is 1. The molecule has 0 saturated heterocycles. The third-order valence-electron chi connectivity index (χ3n) is 8.26. The van der Waals surface area contributed by atoms with Crippen LogP contribution in [-0.4, -0.2) is 24.2 Å². The second-order valence-corrected chi connectivity index (χ2v) is 9.83. The van der Waals surface area contributed by atoms with Crippen molar-refractivity contribution in [2.75, 3.05) is 7.05 Å². The van der Waals surface area contributed by atoms with Gasteiger partial charge < -0.3 is 9.84 Å². The Labute approximate surface area is 173 Å². The summed E-state index contributed by atoms with van der Waals surface area (Å²) in [5.41, 5.74) is 3.67. The molecule has 2 N–H and O–H groups in total. The average Bonchev–Trinajstić information content (AvgIpc) is 3.04. The summed E-state index contributed by atoms with van der Waals surface area (Å²) in [5, 5.41) is 9.86. The first-order chi connectivity index (χ1) is 14.0. The van der Waals surface area contributed by atoms with Gasteiger partial charge in [-0.1, -0.05) is 13.0 Å². The van der Waals surface area contributed by atoms with Gasteiger partial charge in [0.15, 0.2) is 0 Å². The van der Waals surface area contributed by atoms with Crippen molar-refractivity contribution in [2.24, 2.45) is 17.3 Å². The van der Waals surface area contributed by atoms with Gasteiger partial charge in [0.1, 0.15) is 18.1 Å². The number of phenolic OH excluding ortho intramolecular Hbond substituents is 1. The maximum Gasteiger partial charge on any atom is 0.340 e. The fraction of sp³-hybridized carbons (Fsp3) is 0.560. The molecule has 0 aromatic heterocycles. The van der Waals surface area contributed by atoms with Crippen LogP contribution in [0.15, 0.2) is 42.2 Å². The summed E-state index contributed by atoms with van der Waals surface area (Å²) in [4.78, 5) is 14.0. The van der Waals surface area contributed by atoms with Crippen molar-refractivity contribution in [3.63, 3.8) is 0 Å². The summed E-state index contributed by atoms with van der Waals surface area (Å²) in [7, 11) is 2.03. The third kappa shape index (κ3) is 3.13. The fourth-order valence-corrected chi connectivity index (χ4v) is 6.82. The number of fused-ring (bicyclic) bond motifs is 5. The number of benzene rings is 1. The normalized spacial score (nSPS) is 37.9. The number of esters is 1. The topological polar surface area (TPSA) is 51.0 Å². The van der Waals surface area contributed by atoms with Crippen LogP contribution in [0.2, 0.25) is 0 Å². The summed E-state index contributed by atoms with van der Waals surface area (Å²) in [6, 6.07) is 5.96. The first-order valence-corrected chi connectivity index (χ1v) is 11.2. The van der Waals surface area contributed by atoms with Crippen LogP contribution < -0.4 is 4.90 Å². The molecule has 1 aliphatic heterocycles. The quantitative estimate of drug-likeness (QED) is 0.755. The van der Waals surface area contributed by atoms with E-state index in [-0.39, 0.29) is 17.5 Å². The van der Waals surface area contributed by atoms with Crippen LogP contribution in [0.3, 0.4) is 0 Å². The Bertz CT molecular complexity index is 888. The van der Waals surface area contributed by atoms with Gasteiger partial charge in [0.2, 0.25) is 0 Å². The van der Waals surface area contributed by atoms with Crippen LogP contribution in [-0.2, 0) is 16.0 Å². The van der Waals surface area contributed by atoms with Gasteiger partial charge in [-0.2, -0.15) is 0 Å². The third-order valence-corrected chi connectivity index (χ3v) is 8.26. The Morgan fingerprint density at radius 3 is 2.93 bits per heavy atom. The van der Waals surface area contributed by atoms with E-state index in [1.54, 1.807) is 0 Å². The van der Waals surface area contributed by atoms with Gasteiger partial charge in [-0.25, -0.2) is 4.79 Å². The molecule has 3 aliphatic carbocycles. The monoisotopic (exact) mass is 394 g/mol. The summed E-state index contributed by atoms with van der Waals surface area (Å²) >= 11 is 0. The summed E-state index contributed by atoms with van der Waals surface area (Å²) < 4.78 is 6.15. The number of quaternary nitrogens is 1. The Balaban J connectivity index is 1.34. The first-order valence-electron chi connectivity index (χ1n) is 11.2. The van der Waals surface area contributed by atoms with E-state index in [0.29, 0.717) is 29.9 Å². The largest absolute Gasteiger partial charge is 0.508 e. The van der Waals surface area contributed by atoms with Crippen LogP contribution in [0.5, 0.6) is 5.75 Å². The molecule has 1 aromatic carbocycles. The molecular weight excluding hydrogens is 362 g/mol. The molecule has 1 aromatic rings. The number of carbonyl (C=O) groups is 1. The van der Waals surface area contributed by atoms with E-state index in [4.69, 9.17) is 4.74 Å². The van der Waals surface area contributed by atoms with E-state index in [1.165, 1.54) is 17.5 Å². The van der Waals surface area contributed by atoms with Crippen molar-refractivity contribution in [3.05, 3.63) is 53.4 Å². The lowest BCUT2D eigenvalue weighted by molar-refractivity contribution is -0.767. The van der Waals surface area contributed by atoms with Crippen molar-refractivity contribution in [1.82, 2.24) is 0 Å². The Hall–Kier alpha value is -2.07. The molecule has 6 atom stereocenters. The minimum Gasteiger partial charge on any atom is -0.508 e. The van der Waals surface area contributed by atoms with Crippen molar-refractivity contribution >= 4 is 5.97 Å². The molecule has 2 saturated carbocycles. The smallest absolute Gasteiger partial charge is 0.340 e. The van der Waals surface area contributed by atoms with Crippen LogP contribution in [0.1, 0.15) is 62.5 Å². The molecule has 0 spiro atoms. The number of rotatable bonds is 2. The van der Waals surface area contributed by atoms with Crippen molar-refractivity contribution in [1.29, 1.82) is 0 Å². The molecule has 5 rings (SSSR count). The second-order valence-electron chi connectivity index (χ2n) is 9.83. The Morgan fingerprint density at radius 1 is 1.24 bits per heavy atom.